The Morgan fingerprint density at radius 3 is 2.71 bits per heavy atom. The van der Waals surface area contributed by atoms with E-state index in [0.29, 0.717) is 0 Å². The van der Waals surface area contributed by atoms with Crippen molar-refractivity contribution >= 4 is 17.3 Å². The van der Waals surface area contributed by atoms with Crippen LogP contribution in [-0.4, -0.2) is 18.6 Å². The second kappa shape index (κ2) is 7.43. The molecule has 0 saturated carbocycles. The van der Waals surface area contributed by atoms with Gasteiger partial charge in [0, 0.05) is 30.0 Å². The van der Waals surface area contributed by atoms with Gasteiger partial charge in [-0.1, -0.05) is 30.7 Å². The van der Waals surface area contributed by atoms with E-state index in [1.807, 2.05) is 31.2 Å². The van der Waals surface area contributed by atoms with Crippen molar-refractivity contribution in [1.82, 2.24) is 10.3 Å². The highest BCUT2D eigenvalue weighted by molar-refractivity contribution is 6.31. The van der Waals surface area contributed by atoms with Crippen LogP contribution in [0.2, 0.25) is 5.02 Å². The minimum Gasteiger partial charge on any atom is -0.369 e. The van der Waals surface area contributed by atoms with Crippen molar-refractivity contribution in [2.75, 3.05) is 18.5 Å². The first kappa shape index (κ1) is 15.8. The molecule has 21 heavy (non-hydrogen) atoms. The third-order valence-corrected chi connectivity index (χ3v) is 3.74. The van der Waals surface area contributed by atoms with Gasteiger partial charge in [-0.25, -0.2) is 0 Å². The van der Waals surface area contributed by atoms with E-state index in [2.05, 4.69) is 41.3 Å². The van der Waals surface area contributed by atoms with Crippen molar-refractivity contribution in [3.63, 3.8) is 0 Å². The van der Waals surface area contributed by atoms with Crippen LogP contribution >= 0.6 is 11.6 Å². The maximum Gasteiger partial charge on any atom is 0.0600 e. The molecule has 0 aliphatic heterocycles. The number of hydrogen-bond acceptors (Lipinski definition) is 3. The molecule has 0 saturated heterocycles. The summed E-state index contributed by atoms with van der Waals surface area (Å²) in [4.78, 5) is 6.69. The molecule has 1 heterocycles. The van der Waals surface area contributed by atoms with Gasteiger partial charge in [0.05, 0.1) is 12.2 Å². The summed E-state index contributed by atoms with van der Waals surface area (Å²) < 4.78 is 0. The largest absolute Gasteiger partial charge is 0.369 e. The Morgan fingerprint density at radius 1 is 1.24 bits per heavy atom. The molecule has 0 atom stereocenters. The van der Waals surface area contributed by atoms with Crippen molar-refractivity contribution in [2.45, 2.75) is 26.9 Å². The molecule has 0 amide bonds. The molecular formula is C17H22ClN3. The topological polar surface area (TPSA) is 28.2 Å². The van der Waals surface area contributed by atoms with E-state index in [4.69, 9.17) is 11.6 Å². The van der Waals surface area contributed by atoms with Gasteiger partial charge in [-0.05, 0) is 43.3 Å². The van der Waals surface area contributed by atoms with Gasteiger partial charge in [0.1, 0.15) is 0 Å². The van der Waals surface area contributed by atoms with Crippen LogP contribution in [-0.2, 0) is 13.1 Å². The second-order valence-corrected chi connectivity index (χ2v) is 5.59. The smallest absolute Gasteiger partial charge is 0.0600 e. The Labute approximate surface area is 132 Å². The lowest BCUT2D eigenvalue weighted by Gasteiger charge is -2.20. The molecule has 2 rings (SSSR count). The zero-order valence-electron chi connectivity index (χ0n) is 12.9. The normalized spacial score (nSPS) is 10.7. The highest BCUT2D eigenvalue weighted by Gasteiger charge is 2.07. The monoisotopic (exact) mass is 303 g/mol. The number of hydrogen-bond donors (Lipinski definition) is 1. The summed E-state index contributed by atoms with van der Waals surface area (Å²) in [6.45, 7) is 6.61. The lowest BCUT2D eigenvalue weighted by Crippen LogP contribution is -2.18. The van der Waals surface area contributed by atoms with Crippen molar-refractivity contribution in [1.29, 1.82) is 0 Å². The molecule has 4 heteroatoms. The maximum atomic E-state index is 6.36. The Bertz CT molecular complexity index is 598. The first-order valence-corrected chi connectivity index (χ1v) is 7.60. The minimum atomic E-state index is 0.768. The average molecular weight is 304 g/mol. The number of aromatic nitrogens is 1. The van der Waals surface area contributed by atoms with Crippen LogP contribution in [0.4, 0.5) is 5.69 Å². The van der Waals surface area contributed by atoms with Crippen LogP contribution < -0.4 is 10.2 Å². The third kappa shape index (κ3) is 4.45. The summed E-state index contributed by atoms with van der Waals surface area (Å²) >= 11 is 6.36. The van der Waals surface area contributed by atoms with Crippen LogP contribution in [0.15, 0.2) is 36.4 Å². The van der Waals surface area contributed by atoms with Crippen LogP contribution in [0.5, 0.6) is 0 Å². The first-order chi connectivity index (χ1) is 10.1. The Morgan fingerprint density at radius 2 is 2.05 bits per heavy atom. The highest BCUT2D eigenvalue weighted by atomic mass is 35.5. The van der Waals surface area contributed by atoms with Gasteiger partial charge in [0.25, 0.3) is 0 Å². The summed E-state index contributed by atoms with van der Waals surface area (Å²) in [7, 11) is 2.06. The van der Waals surface area contributed by atoms with Crippen molar-refractivity contribution in [2.24, 2.45) is 0 Å². The lowest BCUT2D eigenvalue weighted by atomic mass is 10.2. The fourth-order valence-corrected chi connectivity index (χ4v) is 2.44. The van der Waals surface area contributed by atoms with Crippen molar-refractivity contribution < 1.29 is 0 Å². The second-order valence-electron chi connectivity index (χ2n) is 5.18. The molecule has 112 valence electrons. The molecular weight excluding hydrogens is 282 g/mol. The molecule has 0 fully saturated rings. The third-order valence-electron chi connectivity index (χ3n) is 3.39. The fraction of sp³-hybridized carbons (Fsp3) is 0.353. The average Bonchev–Trinajstić information content (AvgIpc) is 2.46. The van der Waals surface area contributed by atoms with E-state index in [1.54, 1.807) is 0 Å². The number of nitrogens with one attached hydrogen (secondary N) is 1. The maximum absolute atomic E-state index is 6.36. The van der Waals surface area contributed by atoms with Gasteiger partial charge < -0.3 is 10.2 Å². The lowest BCUT2D eigenvalue weighted by molar-refractivity contribution is 0.727. The molecule has 0 unspecified atom stereocenters. The number of aryl methyl sites for hydroxylation is 1. The Hall–Kier alpha value is -1.58. The van der Waals surface area contributed by atoms with Crippen LogP contribution in [0.1, 0.15) is 23.9 Å². The highest BCUT2D eigenvalue weighted by Crippen LogP contribution is 2.24. The zero-order valence-corrected chi connectivity index (χ0v) is 13.6. The first-order valence-electron chi connectivity index (χ1n) is 7.23. The molecule has 1 aromatic carbocycles. The van der Waals surface area contributed by atoms with Gasteiger partial charge in [0.2, 0.25) is 0 Å². The van der Waals surface area contributed by atoms with Gasteiger partial charge in [-0.3, -0.25) is 4.98 Å². The SMILES string of the molecule is CCNCc1ccc(N(C)Cc2cccc(C)n2)cc1Cl. The van der Waals surface area contributed by atoms with Gasteiger partial charge in [0.15, 0.2) is 0 Å². The molecule has 0 spiro atoms. The zero-order chi connectivity index (χ0) is 15.2. The van der Waals surface area contributed by atoms with Gasteiger partial charge in [-0.15, -0.1) is 0 Å². The predicted molar refractivity (Wildman–Crippen MR) is 89.9 cm³/mol. The molecule has 1 N–H and O–H groups in total. The van der Waals surface area contributed by atoms with E-state index < -0.39 is 0 Å². The summed E-state index contributed by atoms with van der Waals surface area (Å²) in [6.07, 6.45) is 0. The number of halogens is 1. The van der Waals surface area contributed by atoms with Gasteiger partial charge in [-0.2, -0.15) is 0 Å². The molecule has 3 nitrogen and oxygen atoms in total. The minimum absolute atomic E-state index is 0.768. The number of nitrogens with zero attached hydrogens (tertiary/aromatic N) is 2. The fourth-order valence-electron chi connectivity index (χ4n) is 2.20. The molecule has 0 bridgehead atoms. The predicted octanol–water partition coefficient (Wildman–Crippen LogP) is 3.79. The van der Waals surface area contributed by atoms with E-state index in [9.17, 15) is 0 Å². The Kier molecular flexibility index (Phi) is 5.59. The van der Waals surface area contributed by atoms with E-state index in [1.165, 1.54) is 0 Å². The summed E-state index contributed by atoms with van der Waals surface area (Å²) in [5, 5.41) is 4.10. The summed E-state index contributed by atoms with van der Waals surface area (Å²) in [6, 6.07) is 12.3. The number of anilines is 1. The van der Waals surface area contributed by atoms with Crippen LogP contribution in [0.3, 0.4) is 0 Å². The standard InChI is InChI=1S/C17H22ClN3/c1-4-19-11-14-8-9-16(10-17(14)18)21(3)12-15-7-5-6-13(2)20-15/h5-10,19H,4,11-12H2,1-3H3. The molecule has 2 aromatic rings. The number of benzene rings is 1. The van der Waals surface area contributed by atoms with Crippen LogP contribution in [0, 0.1) is 6.92 Å². The quantitative estimate of drug-likeness (QED) is 0.880. The molecule has 0 aliphatic rings. The van der Waals surface area contributed by atoms with Crippen molar-refractivity contribution in [3.8, 4) is 0 Å². The number of pyridine rings is 1. The Balaban J connectivity index is 2.08. The number of rotatable bonds is 6. The molecule has 0 aliphatic carbocycles. The molecule has 0 radical (unpaired) electrons. The van der Waals surface area contributed by atoms with E-state index in [-0.39, 0.29) is 0 Å². The van der Waals surface area contributed by atoms with Crippen molar-refractivity contribution in [3.05, 3.63) is 58.4 Å². The van der Waals surface area contributed by atoms with Crippen LogP contribution in [0.25, 0.3) is 0 Å². The summed E-state index contributed by atoms with van der Waals surface area (Å²) in [5.74, 6) is 0. The van der Waals surface area contributed by atoms with Gasteiger partial charge >= 0.3 is 0 Å². The van der Waals surface area contributed by atoms with E-state index in [0.717, 1.165) is 47.3 Å². The van der Waals surface area contributed by atoms with E-state index >= 15 is 0 Å². The summed E-state index contributed by atoms with van der Waals surface area (Å²) in [5.41, 5.74) is 4.33. The molecule has 1 aromatic heterocycles.